The Labute approximate surface area is 167 Å². The maximum Gasteiger partial charge on any atom is 0.254 e. The third-order valence-electron chi connectivity index (χ3n) is 5.35. The Morgan fingerprint density at radius 2 is 2.21 bits per heavy atom. The molecule has 7 nitrogen and oxygen atoms in total. The van der Waals surface area contributed by atoms with E-state index in [1.165, 1.54) is 12.1 Å². The second-order valence-corrected chi connectivity index (χ2v) is 7.44. The van der Waals surface area contributed by atoms with Crippen molar-refractivity contribution in [3.63, 3.8) is 0 Å². The molecule has 3 N–H and O–H groups in total. The number of amides is 1. The van der Waals surface area contributed by atoms with Crippen LogP contribution in [-0.4, -0.2) is 56.8 Å². The summed E-state index contributed by atoms with van der Waals surface area (Å²) in [6.45, 7) is 5.94. The highest BCUT2D eigenvalue weighted by molar-refractivity contribution is 6.07. The van der Waals surface area contributed by atoms with Gasteiger partial charge in [0.2, 0.25) is 0 Å². The molecule has 1 aromatic carbocycles. The summed E-state index contributed by atoms with van der Waals surface area (Å²) in [6.07, 6.45) is 2.05. The van der Waals surface area contributed by atoms with Crippen molar-refractivity contribution in [3.05, 3.63) is 41.3 Å². The van der Waals surface area contributed by atoms with Crippen molar-refractivity contribution in [2.75, 3.05) is 19.6 Å². The van der Waals surface area contributed by atoms with Gasteiger partial charge in [-0.3, -0.25) is 9.89 Å². The second-order valence-electron chi connectivity index (χ2n) is 7.44. The number of H-pyrrole nitrogens is 1. The lowest BCUT2D eigenvalue weighted by Gasteiger charge is -2.34. The molecule has 0 spiro atoms. The molecule has 29 heavy (non-hydrogen) atoms. The molecule has 1 amide bonds. The van der Waals surface area contributed by atoms with E-state index < -0.39 is 5.82 Å². The molecule has 3 heterocycles. The van der Waals surface area contributed by atoms with E-state index >= 15 is 0 Å². The topological polar surface area (TPSA) is 94.1 Å². The van der Waals surface area contributed by atoms with Gasteiger partial charge < -0.3 is 15.3 Å². The minimum absolute atomic E-state index is 0.107. The van der Waals surface area contributed by atoms with Crippen molar-refractivity contribution in [3.8, 4) is 17.0 Å². The van der Waals surface area contributed by atoms with Crippen molar-refractivity contribution in [2.24, 2.45) is 0 Å². The number of aromatic nitrogens is 3. The van der Waals surface area contributed by atoms with E-state index in [4.69, 9.17) is 0 Å². The highest BCUT2D eigenvalue weighted by atomic mass is 19.1. The number of rotatable bonds is 4. The lowest BCUT2D eigenvalue weighted by atomic mass is 10.0. The number of carbonyl (C=O) groups excluding carboxylic acids is 1. The average Bonchev–Trinajstić information content (AvgIpc) is 3.08. The Hall–Kier alpha value is -3.00. The SMILES string of the molecule is CCC[C@@H]1CN(C(=O)c2cc(-c3ccc(O)cc3F)nc3[nH]nc(C)c23)CCN1. The van der Waals surface area contributed by atoms with Crippen LogP contribution in [0.3, 0.4) is 0 Å². The lowest BCUT2D eigenvalue weighted by molar-refractivity contribution is 0.0701. The quantitative estimate of drug-likeness (QED) is 0.629. The Morgan fingerprint density at radius 3 is 2.97 bits per heavy atom. The molecule has 1 atom stereocenters. The van der Waals surface area contributed by atoms with Crippen LogP contribution in [0.5, 0.6) is 5.75 Å². The molecular weight excluding hydrogens is 373 g/mol. The molecule has 2 aromatic heterocycles. The summed E-state index contributed by atoms with van der Waals surface area (Å²) in [7, 11) is 0. The Bertz CT molecular complexity index is 1060. The number of hydrogen-bond acceptors (Lipinski definition) is 5. The molecule has 8 heteroatoms. The normalized spacial score (nSPS) is 17.1. The lowest BCUT2D eigenvalue weighted by Crippen LogP contribution is -2.52. The number of aromatic hydroxyl groups is 1. The molecule has 152 valence electrons. The molecule has 1 fully saturated rings. The molecule has 4 rings (SSSR count). The summed E-state index contributed by atoms with van der Waals surface area (Å²) in [5.41, 5.74) is 2.11. The van der Waals surface area contributed by atoms with Gasteiger partial charge in [-0.05, 0) is 31.5 Å². The summed E-state index contributed by atoms with van der Waals surface area (Å²) in [4.78, 5) is 19.7. The molecule has 3 aromatic rings. The zero-order valence-corrected chi connectivity index (χ0v) is 16.5. The van der Waals surface area contributed by atoms with Gasteiger partial charge >= 0.3 is 0 Å². The van der Waals surface area contributed by atoms with Crippen LogP contribution in [0.4, 0.5) is 4.39 Å². The number of fused-ring (bicyclic) bond motifs is 1. The maximum absolute atomic E-state index is 14.4. The van der Waals surface area contributed by atoms with Gasteiger partial charge in [-0.15, -0.1) is 0 Å². The summed E-state index contributed by atoms with van der Waals surface area (Å²) >= 11 is 0. The molecule has 0 radical (unpaired) electrons. The minimum Gasteiger partial charge on any atom is -0.508 e. The predicted octanol–water partition coefficient (Wildman–Crippen LogP) is 2.99. The fourth-order valence-corrected chi connectivity index (χ4v) is 3.93. The smallest absolute Gasteiger partial charge is 0.254 e. The van der Waals surface area contributed by atoms with Gasteiger partial charge in [-0.25, -0.2) is 9.37 Å². The predicted molar refractivity (Wildman–Crippen MR) is 108 cm³/mol. The monoisotopic (exact) mass is 397 g/mol. The standard InChI is InChI=1S/C21H24FN5O2/c1-3-4-13-11-27(8-7-23-13)21(29)16-10-18(15-6-5-14(28)9-17(15)22)24-20-19(16)12(2)25-26-20/h5-6,9-10,13,23,28H,3-4,7-8,11H2,1-2H3,(H,24,25,26)/t13-/m1/s1. The van der Waals surface area contributed by atoms with Crippen molar-refractivity contribution < 1.29 is 14.3 Å². The van der Waals surface area contributed by atoms with Crippen LogP contribution < -0.4 is 5.32 Å². The van der Waals surface area contributed by atoms with Gasteiger partial charge in [-0.1, -0.05) is 13.3 Å². The van der Waals surface area contributed by atoms with Crippen LogP contribution in [0.15, 0.2) is 24.3 Å². The minimum atomic E-state index is -0.600. The van der Waals surface area contributed by atoms with Gasteiger partial charge in [0, 0.05) is 37.3 Å². The number of aromatic amines is 1. The molecule has 0 bridgehead atoms. The van der Waals surface area contributed by atoms with E-state index in [1.54, 1.807) is 6.07 Å². The fourth-order valence-electron chi connectivity index (χ4n) is 3.93. The summed E-state index contributed by atoms with van der Waals surface area (Å²) in [5.74, 6) is -0.870. The van der Waals surface area contributed by atoms with Crippen molar-refractivity contribution in [1.29, 1.82) is 0 Å². The van der Waals surface area contributed by atoms with E-state index in [-0.39, 0.29) is 23.3 Å². The molecule has 0 aliphatic carbocycles. The van der Waals surface area contributed by atoms with E-state index in [9.17, 15) is 14.3 Å². The van der Waals surface area contributed by atoms with E-state index in [2.05, 4.69) is 27.4 Å². The number of nitrogens with zero attached hydrogens (tertiary/aromatic N) is 3. The molecule has 0 unspecified atom stereocenters. The molecule has 1 aliphatic rings. The van der Waals surface area contributed by atoms with Gasteiger partial charge in [0.25, 0.3) is 5.91 Å². The molecular formula is C21H24FN5O2. The number of hydrogen-bond donors (Lipinski definition) is 3. The first-order chi connectivity index (χ1) is 14.0. The number of benzene rings is 1. The number of carbonyl (C=O) groups is 1. The number of halogens is 1. The Morgan fingerprint density at radius 1 is 1.38 bits per heavy atom. The van der Waals surface area contributed by atoms with Crippen LogP contribution in [0.25, 0.3) is 22.3 Å². The highest BCUT2D eigenvalue weighted by Crippen LogP contribution is 2.30. The van der Waals surface area contributed by atoms with Crippen molar-refractivity contribution >= 4 is 16.9 Å². The first-order valence-electron chi connectivity index (χ1n) is 9.85. The molecule has 1 aliphatic heterocycles. The highest BCUT2D eigenvalue weighted by Gasteiger charge is 2.27. The van der Waals surface area contributed by atoms with Crippen molar-refractivity contribution in [1.82, 2.24) is 25.4 Å². The van der Waals surface area contributed by atoms with Gasteiger partial charge in [0.05, 0.1) is 22.3 Å². The second kappa shape index (κ2) is 7.79. The summed E-state index contributed by atoms with van der Waals surface area (Å²) in [6, 6.07) is 5.79. The van der Waals surface area contributed by atoms with Gasteiger partial charge in [-0.2, -0.15) is 5.10 Å². The van der Waals surface area contributed by atoms with Crippen LogP contribution >= 0.6 is 0 Å². The van der Waals surface area contributed by atoms with Crippen LogP contribution in [0.1, 0.15) is 35.8 Å². The first kappa shape index (κ1) is 19.3. The average molecular weight is 397 g/mol. The van der Waals surface area contributed by atoms with E-state index in [1.807, 2.05) is 11.8 Å². The Balaban J connectivity index is 1.78. The Kier molecular flexibility index (Phi) is 5.19. The summed E-state index contributed by atoms with van der Waals surface area (Å²) < 4.78 is 14.4. The third kappa shape index (κ3) is 3.67. The van der Waals surface area contributed by atoms with Crippen LogP contribution in [-0.2, 0) is 0 Å². The maximum atomic E-state index is 14.4. The zero-order chi connectivity index (χ0) is 20.5. The molecule has 0 saturated carbocycles. The molecule has 1 saturated heterocycles. The van der Waals surface area contributed by atoms with Gasteiger partial charge in [0.1, 0.15) is 11.6 Å². The van der Waals surface area contributed by atoms with Crippen molar-refractivity contribution in [2.45, 2.75) is 32.7 Å². The van der Waals surface area contributed by atoms with Crippen LogP contribution in [0, 0.1) is 12.7 Å². The number of phenolic OH excluding ortho intramolecular Hbond substituents is 1. The number of pyridine rings is 1. The van der Waals surface area contributed by atoms with E-state index in [0.29, 0.717) is 41.1 Å². The fraction of sp³-hybridized carbons (Fsp3) is 0.381. The number of nitrogens with one attached hydrogen (secondary N) is 2. The first-order valence-corrected chi connectivity index (χ1v) is 9.85. The zero-order valence-electron chi connectivity index (χ0n) is 16.5. The van der Waals surface area contributed by atoms with Gasteiger partial charge in [0.15, 0.2) is 5.65 Å². The number of aryl methyl sites for hydroxylation is 1. The van der Waals surface area contributed by atoms with Crippen LogP contribution in [0.2, 0.25) is 0 Å². The summed E-state index contributed by atoms with van der Waals surface area (Å²) in [5, 5.41) is 20.6. The number of phenols is 1. The van der Waals surface area contributed by atoms with E-state index in [0.717, 1.165) is 25.5 Å². The third-order valence-corrected chi connectivity index (χ3v) is 5.35. The number of piperazine rings is 1. The largest absolute Gasteiger partial charge is 0.508 e.